The van der Waals surface area contributed by atoms with Crippen LogP contribution in [0.15, 0.2) is 24.3 Å². The summed E-state index contributed by atoms with van der Waals surface area (Å²) in [5.41, 5.74) is 0.603. The van der Waals surface area contributed by atoms with E-state index in [9.17, 15) is 14.4 Å². The van der Waals surface area contributed by atoms with Gasteiger partial charge in [-0.3, -0.25) is 14.4 Å². The summed E-state index contributed by atoms with van der Waals surface area (Å²) in [5, 5.41) is 13.8. The highest BCUT2D eigenvalue weighted by atomic mass is 16.5. The Balaban J connectivity index is 2.32. The molecule has 114 valence electrons. The van der Waals surface area contributed by atoms with Crippen LogP contribution >= 0.6 is 0 Å². The zero-order chi connectivity index (χ0) is 15.7. The highest BCUT2D eigenvalue weighted by Crippen LogP contribution is 2.13. The lowest BCUT2D eigenvalue weighted by atomic mass is 10.1. The molecule has 0 bridgehead atoms. The van der Waals surface area contributed by atoms with Crippen molar-refractivity contribution in [2.45, 2.75) is 13.3 Å². The van der Waals surface area contributed by atoms with Crippen molar-refractivity contribution in [2.24, 2.45) is 0 Å². The molecule has 1 rings (SSSR count). The van der Waals surface area contributed by atoms with Gasteiger partial charge in [-0.1, -0.05) is 12.1 Å². The van der Waals surface area contributed by atoms with E-state index in [4.69, 9.17) is 9.84 Å². The third-order valence-electron chi connectivity index (χ3n) is 2.44. The lowest BCUT2D eigenvalue weighted by molar-refractivity contribution is -0.136. The van der Waals surface area contributed by atoms with E-state index in [1.807, 2.05) is 0 Å². The third kappa shape index (κ3) is 7.56. The lowest BCUT2D eigenvalue weighted by Crippen LogP contribution is -2.36. The van der Waals surface area contributed by atoms with Crippen LogP contribution in [0.3, 0.4) is 0 Å². The fourth-order valence-corrected chi connectivity index (χ4v) is 1.56. The van der Waals surface area contributed by atoms with Crippen LogP contribution in [0.5, 0.6) is 5.75 Å². The van der Waals surface area contributed by atoms with Crippen molar-refractivity contribution in [3.05, 3.63) is 29.8 Å². The highest BCUT2D eigenvalue weighted by molar-refractivity contribution is 5.77. The molecule has 0 unspecified atom stereocenters. The molecule has 7 heteroatoms. The largest absolute Gasteiger partial charge is 0.484 e. The monoisotopic (exact) mass is 294 g/mol. The van der Waals surface area contributed by atoms with Crippen LogP contribution in [0.2, 0.25) is 0 Å². The molecule has 0 aromatic heterocycles. The third-order valence-corrected chi connectivity index (χ3v) is 2.44. The van der Waals surface area contributed by atoms with Crippen molar-refractivity contribution in [3.63, 3.8) is 0 Å². The number of hydrogen-bond donors (Lipinski definition) is 3. The Hall–Kier alpha value is -2.57. The molecule has 1 aromatic rings. The zero-order valence-electron chi connectivity index (χ0n) is 11.7. The van der Waals surface area contributed by atoms with Crippen LogP contribution in [0.25, 0.3) is 0 Å². The molecule has 1 aromatic carbocycles. The maximum Gasteiger partial charge on any atom is 0.307 e. The zero-order valence-corrected chi connectivity index (χ0v) is 11.7. The fraction of sp³-hybridized carbons (Fsp3) is 0.357. The first-order valence-electron chi connectivity index (χ1n) is 6.42. The summed E-state index contributed by atoms with van der Waals surface area (Å²) in [6.45, 7) is 1.90. The van der Waals surface area contributed by atoms with Crippen molar-refractivity contribution >= 4 is 17.8 Å². The van der Waals surface area contributed by atoms with Crippen LogP contribution in [0, 0.1) is 0 Å². The van der Waals surface area contributed by atoms with E-state index >= 15 is 0 Å². The van der Waals surface area contributed by atoms with Gasteiger partial charge in [0.05, 0.1) is 6.42 Å². The predicted octanol–water partition coefficient (Wildman–Crippen LogP) is -0.0552. The summed E-state index contributed by atoms with van der Waals surface area (Å²) >= 11 is 0. The Bertz CT molecular complexity index is 516. The van der Waals surface area contributed by atoms with Gasteiger partial charge in [0.25, 0.3) is 5.91 Å². The number of benzene rings is 1. The van der Waals surface area contributed by atoms with E-state index in [2.05, 4.69) is 10.6 Å². The minimum absolute atomic E-state index is 0.0971. The first kappa shape index (κ1) is 16.5. The maximum absolute atomic E-state index is 11.5. The number of carboxylic acid groups (broad SMARTS) is 1. The van der Waals surface area contributed by atoms with E-state index < -0.39 is 5.97 Å². The SMILES string of the molecule is CC(=O)NCCNC(=O)COc1cccc(CC(=O)O)c1. The predicted molar refractivity (Wildman–Crippen MR) is 75.0 cm³/mol. The van der Waals surface area contributed by atoms with Gasteiger partial charge in [-0.15, -0.1) is 0 Å². The van der Waals surface area contributed by atoms with E-state index in [1.54, 1.807) is 24.3 Å². The Morgan fingerprint density at radius 1 is 1.19 bits per heavy atom. The van der Waals surface area contributed by atoms with Gasteiger partial charge in [0.1, 0.15) is 5.75 Å². The minimum atomic E-state index is -0.928. The smallest absolute Gasteiger partial charge is 0.307 e. The van der Waals surface area contributed by atoms with Gasteiger partial charge in [-0.2, -0.15) is 0 Å². The van der Waals surface area contributed by atoms with Crippen molar-refractivity contribution in [2.75, 3.05) is 19.7 Å². The Morgan fingerprint density at radius 3 is 2.57 bits per heavy atom. The van der Waals surface area contributed by atoms with Crippen LogP contribution < -0.4 is 15.4 Å². The second-order valence-corrected chi connectivity index (χ2v) is 4.34. The molecule has 0 atom stereocenters. The standard InChI is InChI=1S/C14H18N2O5/c1-10(17)15-5-6-16-13(18)9-21-12-4-2-3-11(7-12)8-14(19)20/h2-4,7H,5-6,8-9H2,1H3,(H,15,17)(H,16,18)(H,19,20). The Morgan fingerprint density at radius 2 is 1.90 bits per heavy atom. The summed E-state index contributed by atoms with van der Waals surface area (Å²) in [4.78, 5) is 32.7. The molecule has 3 N–H and O–H groups in total. The first-order valence-corrected chi connectivity index (χ1v) is 6.42. The Kier molecular flexibility index (Phi) is 6.73. The van der Waals surface area contributed by atoms with Crippen LogP contribution in [0.1, 0.15) is 12.5 Å². The number of nitrogens with one attached hydrogen (secondary N) is 2. The normalized spacial score (nSPS) is 9.76. The molecule has 0 heterocycles. The van der Waals surface area contributed by atoms with Gasteiger partial charge in [-0.25, -0.2) is 0 Å². The molecule has 0 radical (unpaired) electrons. The van der Waals surface area contributed by atoms with Crippen molar-refractivity contribution in [3.8, 4) is 5.75 Å². The molecule has 0 saturated heterocycles. The van der Waals surface area contributed by atoms with E-state index in [0.29, 0.717) is 24.4 Å². The fourth-order valence-electron chi connectivity index (χ4n) is 1.56. The van der Waals surface area contributed by atoms with Gasteiger partial charge in [0.2, 0.25) is 5.91 Å². The minimum Gasteiger partial charge on any atom is -0.484 e. The van der Waals surface area contributed by atoms with Crippen molar-refractivity contribution in [1.82, 2.24) is 10.6 Å². The molecular formula is C14H18N2O5. The number of carbonyl (C=O) groups excluding carboxylic acids is 2. The number of aliphatic carboxylic acids is 1. The summed E-state index contributed by atoms with van der Waals surface area (Å²) in [6.07, 6.45) is -0.0971. The average Bonchev–Trinajstić information content (AvgIpc) is 2.41. The number of amides is 2. The number of carbonyl (C=O) groups is 3. The molecule has 0 aliphatic heterocycles. The molecular weight excluding hydrogens is 276 g/mol. The number of hydrogen-bond acceptors (Lipinski definition) is 4. The van der Waals surface area contributed by atoms with E-state index in [-0.39, 0.29) is 24.8 Å². The Labute approximate surface area is 122 Å². The lowest BCUT2D eigenvalue weighted by Gasteiger charge is -2.08. The van der Waals surface area contributed by atoms with Crippen LogP contribution in [0.4, 0.5) is 0 Å². The summed E-state index contributed by atoms with van der Waals surface area (Å²) < 4.78 is 5.28. The molecule has 0 saturated carbocycles. The van der Waals surface area contributed by atoms with Gasteiger partial charge in [-0.05, 0) is 17.7 Å². The second-order valence-electron chi connectivity index (χ2n) is 4.34. The molecule has 7 nitrogen and oxygen atoms in total. The summed E-state index contributed by atoms with van der Waals surface area (Å²) in [5.74, 6) is -0.964. The molecule has 0 spiro atoms. The van der Waals surface area contributed by atoms with Gasteiger partial charge in [0.15, 0.2) is 6.61 Å². The average molecular weight is 294 g/mol. The highest BCUT2D eigenvalue weighted by Gasteiger charge is 2.05. The van der Waals surface area contributed by atoms with Crippen LogP contribution in [-0.2, 0) is 20.8 Å². The van der Waals surface area contributed by atoms with Crippen LogP contribution in [-0.4, -0.2) is 42.6 Å². The van der Waals surface area contributed by atoms with E-state index in [1.165, 1.54) is 6.92 Å². The molecule has 0 aliphatic carbocycles. The molecule has 0 aliphatic rings. The van der Waals surface area contributed by atoms with Crippen molar-refractivity contribution in [1.29, 1.82) is 0 Å². The van der Waals surface area contributed by atoms with Gasteiger partial charge >= 0.3 is 5.97 Å². The van der Waals surface area contributed by atoms with E-state index in [0.717, 1.165) is 0 Å². The number of carboxylic acids is 1. The molecule has 2 amide bonds. The second kappa shape index (κ2) is 8.57. The quantitative estimate of drug-likeness (QED) is 0.583. The number of ether oxygens (including phenoxy) is 1. The maximum atomic E-state index is 11.5. The topological polar surface area (TPSA) is 105 Å². The number of rotatable bonds is 8. The molecule has 21 heavy (non-hydrogen) atoms. The summed E-state index contributed by atoms with van der Waals surface area (Å²) in [7, 11) is 0. The molecule has 0 fully saturated rings. The first-order chi connectivity index (χ1) is 9.97. The van der Waals surface area contributed by atoms with Gasteiger partial charge in [0, 0.05) is 20.0 Å². The summed E-state index contributed by atoms with van der Waals surface area (Å²) in [6, 6.07) is 6.57. The van der Waals surface area contributed by atoms with Gasteiger partial charge < -0.3 is 20.5 Å². The van der Waals surface area contributed by atoms with Crippen molar-refractivity contribution < 1.29 is 24.2 Å².